The van der Waals surface area contributed by atoms with Gasteiger partial charge in [0.1, 0.15) is 0 Å². The summed E-state index contributed by atoms with van der Waals surface area (Å²) in [6, 6.07) is 9.52. The number of piperidine rings is 1. The molecule has 0 bridgehead atoms. The molecule has 1 atom stereocenters. The van der Waals surface area contributed by atoms with Gasteiger partial charge < -0.3 is 19.5 Å². The lowest BCUT2D eigenvalue weighted by Gasteiger charge is -2.40. The largest absolute Gasteiger partial charge is 0.383 e. The molecule has 5 heteroatoms. The first-order chi connectivity index (χ1) is 12.7. The summed E-state index contributed by atoms with van der Waals surface area (Å²) in [6.45, 7) is 5.10. The first-order valence-corrected chi connectivity index (χ1v) is 9.71. The van der Waals surface area contributed by atoms with E-state index < -0.39 is 0 Å². The highest BCUT2D eigenvalue weighted by molar-refractivity contribution is 5.42. The van der Waals surface area contributed by atoms with Gasteiger partial charge in [0.15, 0.2) is 0 Å². The lowest BCUT2D eigenvalue weighted by molar-refractivity contribution is 0.107. The Hall–Kier alpha value is -1.69. The summed E-state index contributed by atoms with van der Waals surface area (Å²) < 4.78 is 7.35. The maximum absolute atomic E-state index is 5.25. The van der Waals surface area contributed by atoms with Crippen LogP contribution in [0.25, 0.3) is 0 Å². The number of imidazole rings is 1. The molecule has 1 aromatic heterocycles. The van der Waals surface area contributed by atoms with Crippen molar-refractivity contribution >= 4 is 0 Å². The fraction of sp³-hybridized carbons (Fsp3) is 0.571. The molecule has 0 saturated carbocycles. The Labute approximate surface area is 156 Å². The number of aromatic nitrogens is 2. The fourth-order valence-corrected chi connectivity index (χ4v) is 4.76. The Balaban J connectivity index is 1.47. The number of hydrogen-bond donors (Lipinski definition) is 1. The standard InChI is InChI=1S/C21H30N4O/c1-24-16-22-14-17(24)15-23-20-13-21(19-6-4-3-5-18(19)20)7-9-25(10-8-21)11-12-26-2/h3-6,14,16,20,23H,7-13,15H2,1-2H3/t20-/m0/s1. The molecule has 1 fully saturated rings. The topological polar surface area (TPSA) is 42.3 Å². The molecular formula is C21H30N4O. The van der Waals surface area contributed by atoms with Crippen LogP contribution in [-0.4, -0.2) is 47.8 Å². The smallest absolute Gasteiger partial charge is 0.0945 e. The van der Waals surface area contributed by atoms with Crippen LogP contribution in [0.4, 0.5) is 0 Å². The van der Waals surface area contributed by atoms with Crippen LogP contribution in [0.15, 0.2) is 36.8 Å². The average molecular weight is 354 g/mol. The zero-order valence-electron chi connectivity index (χ0n) is 15.9. The Morgan fingerprint density at radius 3 is 2.81 bits per heavy atom. The van der Waals surface area contributed by atoms with Gasteiger partial charge in [-0.1, -0.05) is 24.3 Å². The third-order valence-electron chi connectivity index (χ3n) is 6.37. The van der Waals surface area contributed by atoms with Crippen LogP contribution >= 0.6 is 0 Å². The van der Waals surface area contributed by atoms with Gasteiger partial charge in [0.25, 0.3) is 0 Å². The molecular weight excluding hydrogens is 324 g/mol. The van der Waals surface area contributed by atoms with Gasteiger partial charge in [-0.05, 0) is 48.9 Å². The van der Waals surface area contributed by atoms with Crippen molar-refractivity contribution in [1.29, 1.82) is 0 Å². The van der Waals surface area contributed by atoms with E-state index in [1.54, 1.807) is 12.7 Å². The van der Waals surface area contributed by atoms with E-state index >= 15 is 0 Å². The van der Waals surface area contributed by atoms with Gasteiger partial charge in [-0.3, -0.25) is 0 Å². The number of fused-ring (bicyclic) bond motifs is 2. The Morgan fingerprint density at radius 1 is 1.27 bits per heavy atom. The van der Waals surface area contributed by atoms with E-state index in [1.807, 2.05) is 12.5 Å². The minimum atomic E-state index is 0.338. The van der Waals surface area contributed by atoms with E-state index in [0.29, 0.717) is 11.5 Å². The summed E-state index contributed by atoms with van der Waals surface area (Å²) >= 11 is 0. The summed E-state index contributed by atoms with van der Waals surface area (Å²) in [7, 11) is 3.85. The van der Waals surface area contributed by atoms with Gasteiger partial charge in [0.2, 0.25) is 0 Å². The number of nitrogens with zero attached hydrogens (tertiary/aromatic N) is 3. The van der Waals surface area contributed by atoms with Crippen LogP contribution in [0.5, 0.6) is 0 Å². The lowest BCUT2D eigenvalue weighted by atomic mass is 9.73. The number of methoxy groups -OCH3 is 1. The lowest BCUT2D eigenvalue weighted by Crippen LogP contribution is -2.43. The second-order valence-electron chi connectivity index (χ2n) is 7.84. The maximum Gasteiger partial charge on any atom is 0.0945 e. The molecule has 26 heavy (non-hydrogen) atoms. The molecule has 2 aromatic rings. The van der Waals surface area contributed by atoms with Gasteiger partial charge in [0.05, 0.1) is 18.6 Å². The molecule has 1 aliphatic carbocycles. The second-order valence-corrected chi connectivity index (χ2v) is 7.84. The number of rotatable bonds is 6. The molecule has 5 nitrogen and oxygen atoms in total. The van der Waals surface area contributed by atoms with E-state index in [9.17, 15) is 0 Å². The SMILES string of the molecule is COCCN1CCC2(CC1)C[C@H](NCc1cncn1C)c1ccccc12. The zero-order chi connectivity index (χ0) is 18.0. The molecule has 1 N–H and O–H groups in total. The number of hydrogen-bond acceptors (Lipinski definition) is 4. The number of aryl methyl sites for hydroxylation is 1. The fourth-order valence-electron chi connectivity index (χ4n) is 4.76. The predicted octanol–water partition coefficient (Wildman–Crippen LogP) is 2.63. The summed E-state index contributed by atoms with van der Waals surface area (Å²) in [5.41, 5.74) is 4.65. The van der Waals surface area contributed by atoms with Crippen molar-refractivity contribution in [2.45, 2.75) is 37.3 Å². The minimum Gasteiger partial charge on any atom is -0.383 e. The number of likely N-dealkylation sites (tertiary alicyclic amines) is 1. The van der Waals surface area contributed by atoms with Gasteiger partial charge in [-0.25, -0.2) is 4.98 Å². The van der Waals surface area contributed by atoms with E-state index in [-0.39, 0.29) is 0 Å². The van der Waals surface area contributed by atoms with E-state index in [4.69, 9.17) is 4.74 Å². The number of benzene rings is 1. The molecule has 1 aliphatic heterocycles. The third kappa shape index (κ3) is 3.31. The molecule has 1 saturated heterocycles. The van der Waals surface area contributed by atoms with Crippen LogP contribution in [0.1, 0.15) is 42.1 Å². The molecule has 2 aliphatic rings. The van der Waals surface area contributed by atoms with Crippen LogP contribution < -0.4 is 5.32 Å². The predicted molar refractivity (Wildman–Crippen MR) is 103 cm³/mol. The van der Waals surface area contributed by atoms with Crippen molar-refractivity contribution in [1.82, 2.24) is 19.8 Å². The first-order valence-electron chi connectivity index (χ1n) is 9.71. The normalized spacial score (nSPS) is 22.0. The maximum atomic E-state index is 5.25. The number of nitrogens with one attached hydrogen (secondary N) is 1. The van der Waals surface area contributed by atoms with Crippen molar-refractivity contribution in [3.05, 3.63) is 53.6 Å². The van der Waals surface area contributed by atoms with Crippen molar-refractivity contribution in [2.75, 3.05) is 33.4 Å². The Morgan fingerprint density at radius 2 is 2.08 bits per heavy atom. The molecule has 2 heterocycles. The molecule has 4 rings (SSSR count). The van der Waals surface area contributed by atoms with Gasteiger partial charge >= 0.3 is 0 Å². The van der Waals surface area contributed by atoms with Crippen molar-refractivity contribution < 1.29 is 4.74 Å². The van der Waals surface area contributed by atoms with Crippen molar-refractivity contribution in [2.24, 2.45) is 7.05 Å². The molecule has 0 unspecified atom stereocenters. The van der Waals surface area contributed by atoms with E-state index in [0.717, 1.165) is 19.7 Å². The summed E-state index contributed by atoms with van der Waals surface area (Å²) in [4.78, 5) is 6.78. The summed E-state index contributed by atoms with van der Waals surface area (Å²) in [6.07, 6.45) is 7.53. The van der Waals surface area contributed by atoms with Crippen molar-refractivity contribution in [3.63, 3.8) is 0 Å². The van der Waals surface area contributed by atoms with Crippen LogP contribution in [0.2, 0.25) is 0 Å². The van der Waals surface area contributed by atoms with Crippen LogP contribution in [0.3, 0.4) is 0 Å². The molecule has 0 amide bonds. The highest BCUT2D eigenvalue weighted by atomic mass is 16.5. The summed E-state index contributed by atoms with van der Waals surface area (Å²) in [5, 5.41) is 3.80. The highest BCUT2D eigenvalue weighted by Gasteiger charge is 2.44. The molecule has 1 aromatic carbocycles. The van der Waals surface area contributed by atoms with Crippen LogP contribution in [0, 0.1) is 0 Å². The number of ether oxygens (including phenoxy) is 1. The molecule has 0 radical (unpaired) electrons. The van der Waals surface area contributed by atoms with Crippen LogP contribution in [-0.2, 0) is 23.7 Å². The van der Waals surface area contributed by atoms with E-state index in [1.165, 1.54) is 43.6 Å². The molecule has 1 spiro atoms. The van der Waals surface area contributed by atoms with Gasteiger partial charge in [-0.15, -0.1) is 0 Å². The Bertz CT molecular complexity index is 733. The second kappa shape index (κ2) is 7.51. The zero-order valence-corrected chi connectivity index (χ0v) is 15.9. The van der Waals surface area contributed by atoms with Crippen molar-refractivity contribution in [3.8, 4) is 0 Å². The quantitative estimate of drug-likeness (QED) is 0.866. The first kappa shape index (κ1) is 17.7. The Kier molecular flexibility index (Phi) is 5.11. The molecule has 140 valence electrons. The van der Waals surface area contributed by atoms with Gasteiger partial charge in [-0.2, -0.15) is 0 Å². The minimum absolute atomic E-state index is 0.338. The highest BCUT2D eigenvalue weighted by Crippen LogP contribution is 2.50. The third-order valence-corrected chi connectivity index (χ3v) is 6.37. The monoisotopic (exact) mass is 354 g/mol. The van der Waals surface area contributed by atoms with E-state index in [2.05, 4.69) is 51.1 Å². The summed E-state index contributed by atoms with van der Waals surface area (Å²) in [5.74, 6) is 0. The van der Waals surface area contributed by atoms with Gasteiger partial charge in [0, 0.05) is 39.5 Å². The average Bonchev–Trinajstić information content (AvgIpc) is 3.22.